The third-order valence-electron chi connectivity index (χ3n) is 3.38. The quantitative estimate of drug-likeness (QED) is 0.887. The van der Waals surface area contributed by atoms with Gasteiger partial charge in [-0.3, -0.25) is 0 Å². The maximum atomic E-state index is 11.3. The van der Waals surface area contributed by atoms with Gasteiger partial charge in [-0.25, -0.2) is 13.4 Å². The summed E-state index contributed by atoms with van der Waals surface area (Å²) in [5, 5.41) is 3.41. The molecule has 0 aliphatic heterocycles. The van der Waals surface area contributed by atoms with Crippen molar-refractivity contribution in [2.24, 2.45) is 0 Å². The lowest BCUT2D eigenvalue weighted by molar-refractivity contribution is 0.561. The van der Waals surface area contributed by atoms with Gasteiger partial charge in [-0.05, 0) is 19.8 Å². The predicted octanol–water partition coefficient (Wildman–Crippen LogP) is 1.84. The van der Waals surface area contributed by atoms with E-state index in [4.69, 9.17) is 0 Å². The van der Waals surface area contributed by atoms with Gasteiger partial charge in [-0.15, -0.1) is 0 Å². The Hall–Kier alpha value is -1.04. The average Bonchev–Trinajstić information content (AvgIpc) is 2.86. The Morgan fingerprint density at radius 2 is 2.17 bits per heavy atom. The first-order chi connectivity index (χ1) is 8.46. The Bertz CT molecular complexity index is 489. The van der Waals surface area contributed by atoms with Gasteiger partial charge in [-0.1, -0.05) is 12.8 Å². The molecule has 1 fully saturated rings. The Kier molecular flexibility index (Phi) is 3.94. The van der Waals surface area contributed by atoms with Crippen LogP contribution in [0.4, 0.5) is 5.95 Å². The van der Waals surface area contributed by atoms with Crippen LogP contribution in [0, 0.1) is 0 Å². The molecule has 1 heterocycles. The number of rotatable bonds is 5. The van der Waals surface area contributed by atoms with Crippen LogP contribution in [-0.4, -0.2) is 36.0 Å². The largest absolute Gasteiger partial charge is 0.353 e. The monoisotopic (exact) mass is 271 g/mol. The zero-order valence-electron chi connectivity index (χ0n) is 11.0. The van der Waals surface area contributed by atoms with Gasteiger partial charge in [0, 0.05) is 30.7 Å². The highest BCUT2D eigenvalue weighted by Gasteiger charge is 2.19. The van der Waals surface area contributed by atoms with Gasteiger partial charge in [-0.2, -0.15) is 0 Å². The minimum absolute atomic E-state index is 0.0913. The summed E-state index contributed by atoms with van der Waals surface area (Å²) in [6.45, 7) is 1.91. The van der Waals surface area contributed by atoms with Crippen molar-refractivity contribution in [1.82, 2.24) is 9.55 Å². The number of sulfone groups is 1. The number of hydrogen-bond acceptors (Lipinski definition) is 4. The first-order valence-electron chi connectivity index (χ1n) is 6.43. The molecule has 0 aromatic carbocycles. The lowest BCUT2D eigenvalue weighted by atomic mass is 10.2. The molecule has 5 nitrogen and oxygen atoms in total. The SMILES string of the molecule is CC(CS(C)(=O)=O)n1ccnc1NC1CCCC1. The maximum Gasteiger partial charge on any atom is 0.203 e. The van der Waals surface area contributed by atoms with Crippen LogP contribution in [0.15, 0.2) is 12.4 Å². The van der Waals surface area contributed by atoms with E-state index in [0.717, 1.165) is 5.95 Å². The highest BCUT2D eigenvalue weighted by atomic mass is 32.2. The van der Waals surface area contributed by atoms with Crippen LogP contribution in [0.25, 0.3) is 0 Å². The molecule has 2 rings (SSSR count). The van der Waals surface area contributed by atoms with Crippen molar-refractivity contribution < 1.29 is 8.42 Å². The molecule has 18 heavy (non-hydrogen) atoms. The highest BCUT2D eigenvalue weighted by Crippen LogP contribution is 2.23. The number of hydrogen-bond donors (Lipinski definition) is 1. The Balaban J connectivity index is 2.06. The van der Waals surface area contributed by atoms with Crippen molar-refractivity contribution in [3.05, 3.63) is 12.4 Å². The molecular formula is C12H21N3O2S. The van der Waals surface area contributed by atoms with Crippen LogP contribution < -0.4 is 5.32 Å². The summed E-state index contributed by atoms with van der Waals surface area (Å²) in [7, 11) is -2.97. The van der Waals surface area contributed by atoms with Crippen molar-refractivity contribution in [2.45, 2.75) is 44.7 Å². The molecule has 1 unspecified atom stereocenters. The molecular weight excluding hydrogens is 250 g/mol. The predicted molar refractivity (Wildman–Crippen MR) is 72.5 cm³/mol. The van der Waals surface area contributed by atoms with Crippen LogP contribution in [0.1, 0.15) is 38.6 Å². The summed E-state index contributed by atoms with van der Waals surface area (Å²) in [5.41, 5.74) is 0. The van der Waals surface area contributed by atoms with Crippen LogP contribution in [0.3, 0.4) is 0 Å². The molecule has 1 atom stereocenters. The third kappa shape index (κ3) is 3.48. The van der Waals surface area contributed by atoms with Crippen LogP contribution in [0.5, 0.6) is 0 Å². The number of nitrogens with one attached hydrogen (secondary N) is 1. The average molecular weight is 271 g/mol. The zero-order valence-corrected chi connectivity index (χ0v) is 11.8. The van der Waals surface area contributed by atoms with Crippen molar-refractivity contribution in [3.8, 4) is 0 Å². The summed E-state index contributed by atoms with van der Waals surface area (Å²) >= 11 is 0. The fraction of sp³-hybridized carbons (Fsp3) is 0.750. The first-order valence-corrected chi connectivity index (χ1v) is 8.49. The fourth-order valence-corrected chi connectivity index (χ4v) is 3.59. The van der Waals surface area contributed by atoms with E-state index in [1.165, 1.54) is 31.9 Å². The Morgan fingerprint density at radius 1 is 1.50 bits per heavy atom. The van der Waals surface area contributed by atoms with Crippen molar-refractivity contribution in [2.75, 3.05) is 17.3 Å². The van der Waals surface area contributed by atoms with E-state index in [9.17, 15) is 8.42 Å². The second-order valence-electron chi connectivity index (χ2n) is 5.23. The molecule has 1 aliphatic carbocycles. The van der Waals surface area contributed by atoms with E-state index >= 15 is 0 Å². The Labute approximate surface area is 109 Å². The first kappa shape index (κ1) is 13.4. The smallest absolute Gasteiger partial charge is 0.203 e. The normalized spacial score (nSPS) is 19.0. The molecule has 1 saturated carbocycles. The van der Waals surface area contributed by atoms with E-state index in [2.05, 4.69) is 10.3 Å². The molecule has 1 aliphatic rings. The number of anilines is 1. The highest BCUT2D eigenvalue weighted by molar-refractivity contribution is 7.90. The number of aromatic nitrogens is 2. The van der Waals surface area contributed by atoms with Gasteiger partial charge >= 0.3 is 0 Å². The second kappa shape index (κ2) is 5.30. The van der Waals surface area contributed by atoms with Gasteiger partial charge in [0.1, 0.15) is 9.84 Å². The van der Waals surface area contributed by atoms with E-state index in [-0.39, 0.29) is 11.8 Å². The standard InChI is InChI=1S/C12H21N3O2S/c1-10(9-18(2,16)17)15-8-7-13-12(15)14-11-5-3-4-6-11/h7-8,10-11H,3-6,9H2,1-2H3,(H,13,14). The minimum Gasteiger partial charge on any atom is -0.353 e. The lowest BCUT2D eigenvalue weighted by Crippen LogP contribution is -2.22. The summed E-state index contributed by atoms with van der Waals surface area (Å²) in [5.74, 6) is 0.931. The second-order valence-corrected chi connectivity index (χ2v) is 7.41. The minimum atomic E-state index is -2.97. The molecule has 0 spiro atoms. The van der Waals surface area contributed by atoms with Crippen molar-refractivity contribution in [3.63, 3.8) is 0 Å². The molecule has 0 radical (unpaired) electrons. The van der Waals surface area contributed by atoms with Crippen LogP contribution in [-0.2, 0) is 9.84 Å². The van der Waals surface area contributed by atoms with Gasteiger partial charge in [0.25, 0.3) is 0 Å². The number of imidazole rings is 1. The van der Waals surface area contributed by atoms with E-state index in [1.807, 2.05) is 17.7 Å². The third-order valence-corrected chi connectivity index (χ3v) is 4.46. The van der Waals surface area contributed by atoms with E-state index < -0.39 is 9.84 Å². The molecule has 0 bridgehead atoms. The number of nitrogens with zero attached hydrogens (tertiary/aromatic N) is 2. The molecule has 0 amide bonds. The van der Waals surface area contributed by atoms with E-state index in [0.29, 0.717) is 6.04 Å². The molecule has 1 aromatic heterocycles. The van der Waals surface area contributed by atoms with Crippen molar-refractivity contribution >= 4 is 15.8 Å². The molecule has 0 saturated heterocycles. The topological polar surface area (TPSA) is 64.0 Å². The summed E-state index contributed by atoms with van der Waals surface area (Å²) in [6.07, 6.45) is 9.70. The molecule has 1 aromatic rings. The zero-order chi connectivity index (χ0) is 13.2. The van der Waals surface area contributed by atoms with Crippen LogP contribution in [0.2, 0.25) is 0 Å². The van der Waals surface area contributed by atoms with E-state index in [1.54, 1.807) is 6.20 Å². The molecule has 102 valence electrons. The summed E-state index contributed by atoms with van der Waals surface area (Å²) in [6, 6.07) is 0.392. The van der Waals surface area contributed by atoms with Crippen LogP contribution >= 0.6 is 0 Å². The van der Waals surface area contributed by atoms with Gasteiger partial charge in [0.2, 0.25) is 5.95 Å². The van der Waals surface area contributed by atoms with Gasteiger partial charge in [0.05, 0.1) is 5.75 Å². The van der Waals surface area contributed by atoms with Gasteiger partial charge < -0.3 is 9.88 Å². The summed E-state index contributed by atoms with van der Waals surface area (Å²) in [4.78, 5) is 4.29. The summed E-state index contributed by atoms with van der Waals surface area (Å²) < 4.78 is 24.6. The molecule has 1 N–H and O–H groups in total. The lowest BCUT2D eigenvalue weighted by Gasteiger charge is -2.18. The van der Waals surface area contributed by atoms with Crippen molar-refractivity contribution in [1.29, 1.82) is 0 Å². The molecule has 6 heteroatoms. The Morgan fingerprint density at radius 3 is 2.78 bits per heavy atom. The fourth-order valence-electron chi connectivity index (χ4n) is 2.55. The maximum absolute atomic E-state index is 11.3. The van der Waals surface area contributed by atoms with Gasteiger partial charge in [0.15, 0.2) is 0 Å².